The van der Waals surface area contributed by atoms with Crippen molar-refractivity contribution in [1.82, 2.24) is 4.90 Å². The third kappa shape index (κ3) is 3.69. The second kappa shape index (κ2) is 6.12. The van der Waals surface area contributed by atoms with E-state index >= 15 is 0 Å². The maximum absolute atomic E-state index is 11.7. The molecule has 1 aliphatic rings. The molecule has 0 aromatic rings. The third-order valence-corrected chi connectivity index (χ3v) is 3.57. The summed E-state index contributed by atoms with van der Waals surface area (Å²) in [5, 5.41) is 0. The van der Waals surface area contributed by atoms with Gasteiger partial charge in [-0.2, -0.15) is 0 Å². The van der Waals surface area contributed by atoms with Crippen LogP contribution in [0.5, 0.6) is 0 Å². The summed E-state index contributed by atoms with van der Waals surface area (Å²) in [6.07, 6.45) is 5.83. The number of ether oxygens (including phenoxy) is 1. The van der Waals surface area contributed by atoms with E-state index in [1.54, 1.807) is 4.90 Å². The van der Waals surface area contributed by atoms with E-state index in [0.29, 0.717) is 6.04 Å². The van der Waals surface area contributed by atoms with Gasteiger partial charge in [-0.25, -0.2) is 4.79 Å². The van der Waals surface area contributed by atoms with E-state index in [0.717, 1.165) is 18.8 Å². The quantitative estimate of drug-likeness (QED) is 0.739. The van der Waals surface area contributed by atoms with Gasteiger partial charge in [0.2, 0.25) is 0 Å². The van der Waals surface area contributed by atoms with E-state index in [9.17, 15) is 4.79 Å². The Labute approximate surface area is 99.1 Å². The van der Waals surface area contributed by atoms with Crippen molar-refractivity contribution >= 4 is 6.09 Å². The summed E-state index contributed by atoms with van der Waals surface area (Å²) in [4.78, 5) is 13.5. The van der Waals surface area contributed by atoms with Gasteiger partial charge < -0.3 is 9.64 Å². The van der Waals surface area contributed by atoms with Crippen LogP contribution in [0, 0.1) is 5.92 Å². The number of hydrogen-bond donors (Lipinski definition) is 0. The molecule has 0 heterocycles. The first kappa shape index (κ1) is 13.3. The molecule has 0 saturated heterocycles. The average Bonchev–Trinajstić information content (AvgIpc) is 2.27. The van der Waals surface area contributed by atoms with Crippen LogP contribution in [0.25, 0.3) is 0 Å². The molecule has 0 aromatic heterocycles. The molecular weight excluding hydrogens is 202 g/mol. The number of rotatable bonds is 3. The minimum atomic E-state index is -0.171. The lowest BCUT2D eigenvalue weighted by molar-refractivity contribution is 0.0629. The van der Waals surface area contributed by atoms with Crippen molar-refractivity contribution in [2.75, 3.05) is 7.05 Å². The second-order valence-electron chi connectivity index (χ2n) is 5.13. The van der Waals surface area contributed by atoms with Gasteiger partial charge in [0.1, 0.15) is 0 Å². The Morgan fingerprint density at radius 1 is 1.31 bits per heavy atom. The smallest absolute Gasteiger partial charge is 0.410 e. The highest BCUT2D eigenvalue weighted by molar-refractivity contribution is 5.67. The van der Waals surface area contributed by atoms with Crippen molar-refractivity contribution in [3.05, 3.63) is 0 Å². The molecule has 0 unspecified atom stereocenters. The van der Waals surface area contributed by atoms with Crippen molar-refractivity contribution in [2.24, 2.45) is 5.92 Å². The number of amides is 1. The Kier molecular flexibility index (Phi) is 5.10. The van der Waals surface area contributed by atoms with Crippen LogP contribution >= 0.6 is 0 Å². The lowest BCUT2D eigenvalue weighted by Gasteiger charge is -2.34. The van der Waals surface area contributed by atoms with Crippen molar-refractivity contribution in [3.8, 4) is 0 Å². The van der Waals surface area contributed by atoms with E-state index < -0.39 is 0 Å². The SMILES string of the molecule is CCC1CCC(N(C)C(=O)OC(C)C)CC1. The molecule has 0 aromatic carbocycles. The minimum Gasteiger partial charge on any atom is -0.447 e. The van der Waals surface area contributed by atoms with Gasteiger partial charge in [-0.05, 0) is 45.4 Å². The fraction of sp³-hybridized carbons (Fsp3) is 0.923. The van der Waals surface area contributed by atoms with Crippen molar-refractivity contribution in [3.63, 3.8) is 0 Å². The second-order valence-corrected chi connectivity index (χ2v) is 5.13. The van der Waals surface area contributed by atoms with Crippen LogP contribution in [0.2, 0.25) is 0 Å². The largest absolute Gasteiger partial charge is 0.447 e. The van der Waals surface area contributed by atoms with Crippen LogP contribution < -0.4 is 0 Å². The summed E-state index contributed by atoms with van der Waals surface area (Å²) < 4.78 is 5.21. The van der Waals surface area contributed by atoms with Crippen LogP contribution in [0.15, 0.2) is 0 Å². The Balaban J connectivity index is 2.37. The standard InChI is InChI=1S/C13H25NO2/c1-5-11-6-8-12(9-7-11)14(4)13(15)16-10(2)3/h10-12H,5-9H2,1-4H3. The van der Waals surface area contributed by atoms with Gasteiger partial charge in [-0.3, -0.25) is 0 Å². The van der Waals surface area contributed by atoms with Gasteiger partial charge >= 0.3 is 6.09 Å². The fourth-order valence-electron chi connectivity index (χ4n) is 2.37. The lowest BCUT2D eigenvalue weighted by Crippen LogP contribution is -2.40. The van der Waals surface area contributed by atoms with Crippen LogP contribution in [-0.4, -0.2) is 30.2 Å². The first-order valence-electron chi connectivity index (χ1n) is 6.48. The van der Waals surface area contributed by atoms with E-state index in [1.165, 1.54) is 19.3 Å². The zero-order valence-corrected chi connectivity index (χ0v) is 11.0. The molecule has 0 radical (unpaired) electrons. The zero-order valence-electron chi connectivity index (χ0n) is 11.0. The Morgan fingerprint density at radius 2 is 1.88 bits per heavy atom. The summed E-state index contributed by atoms with van der Waals surface area (Å²) in [6.45, 7) is 6.03. The third-order valence-electron chi connectivity index (χ3n) is 3.57. The molecule has 94 valence electrons. The molecule has 0 bridgehead atoms. The molecule has 1 amide bonds. The van der Waals surface area contributed by atoms with Gasteiger partial charge in [0.05, 0.1) is 6.10 Å². The molecule has 3 heteroatoms. The highest BCUT2D eigenvalue weighted by Gasteiger charge is 2.26. The molecule has 1 rings (SSSR count). The normalized spacial score (nSPS) is 25.6. The van der Waals surface area contributed by atoms with Crippen molar-refractivity contribution < 1.29 is 9.53 Å². The van der Waals surface area contributed by atoms with Gasteiger partial charge in [0, 0.05) is 13.1 Å². The number of hydrogen-bond acceptors (Lipinski definition) is 2. The first-order chi connectivity index (χ1) is 7.54. The molecule has 16 heavy (non-hydrogen) atoms. The lowest BCUT2D eigenvalue weighted by atomic mass is 9.84. The van der Waals surface area contributed by atoms with Gasteiger partial charge in [-0.15, -0.1) is 0 Å². The first-order valence-corrected chi connectivity index (χ1v) is 6.48. The molecule has 1 fully saturated rings. The summed E-state index contributed by atoms with van der Waals surface area (Å²) >= 11 is 0. The van der Waals surface area contributed by atoms with E-state index in [4.69, 9.17) is 4.74 Å². The van der Waals surface area contributed by atoms with Crippen LogP contribution in [-0.2, 0) is 4.74 Å². The molecule has 3 nitrogen and oxygen atoms in total. The van der Waals surface area contributed by atoms with Crippen LogP contribution in [0.1, 0.15) is 52.9 Å². The molecule has 0 N–H and O–H groups in total. The van der Waals surface area contributed by atoms with Gasteiger partial charge in [-0.1, -0.05) is 13.3 Å². The van der Waals surface area contributed by atoms with Gasteiger partial charge in [0.15, 0.2) is 0 Å². The number of nitrogens with zero attached hydrogens (tertiary/aromatic N) is 1. The van der Waals surface area contributed by atoms with Crippen LogP contribution in [0.4, 0.5) is 4.79 Å². The number of carbonyl (C=O) groups is 1. The highest BCUT2D eigenvalue weighted by Crippen LogP contribution is 2.29. The number of carbonyl (C=O) groups excluding carboxylic acids is 1. The van der Waals surface area contributed by atoms with Crippen LogP contribution in [0.3, 0.4) is 0 Å². The molecule has 1 saturated carbocycles. The molecule has 1 aliphatic carbocycles. The maximum atomic E-state index is 11.7. The molecule has 0 aliphatic heterocycles. The van der Waals surface area contributed by atoms with E-state index in [1.807, 2.05) is 20.9 Å². The Morgan fingerprint density at radius 3 is 2.31 bits per heavy atom. The average molecular weight is 227 g/mol. The summed E-state index contributed by atoms with van der Waals surface area (Å²) in [5.74, 6) is 0.866. The maximum Gasteiger partial charge on any atom is 0.410 e. The summed E-state index contributed by atoms with van der Waals surface area (Å²) in [5.41, 5.74) is 0. The fourth-order valence-corrected chi connectivity index (χ4v) is 2.37. The predicted molar refractivity (Wildman–Crippen MR) is 65.4 cm³/mol. The summed E-state index contributed by atoms with van der Waals surface area (Å²) in [6, 6.07) is 0.383. The van der Waals surface area contributed by atoms with Gasteiger partial charge in [0.25, 0.3) is 0 Å². The zero-order chi connectivity index (χ0) is 12.1. The molecule has 0 atom stereocenters. The topological polar surface area (TPSA) is 29.5 Å². The summed E-state index contributed by atoms with van der Waals surface area (Å²) in [7, 11) is 1.86. The Hall–Kier alpha value is -0.730. The van der Waals surface area contributed by atoms with E-state index in [-0.39, 0.29) is 12.2 Å². The highest BCUT2D eigenvalue weighted by atomic mass is 16.6. The predicted octanol–water partition coefficient (Wildman–Crippen LogP) is 3.43. The molecular formula is C13H25NO2. The minimum absolute atomic E-state index is 0.0260. The monoisotopic (exact) mass is 227 g/mol. The van der Waals surface area contributed by atoms with Crippen molar-refractivity contribution in [2.45, 2.75) is 65.0 Å². The van der Waals surface area contributed by atoms with E-state index in [2.05, 4.69) is 6.92 Å². The molecule has 0 spiro atoms. The van der Waals surface area contributed by atoms with Crippen molar-refractivity contribution in [1.29, 1.82) is 0 Å². The Bertz CT molecular complexity index is 220.